The fourth-order valence-electron chi connectivity index (χ4n) is 1.53. The first-order valence-corrected chi connectivity index (χ1v) is 6.87. The third kappa shape index (κ3) is 3.68. The summed E-state index contributed by atoms with van der Waals surface area (Å²) in [5, 5.41) is 0. The molecule has 1 unspecified atom stereocenters. The highest BCUT2D eigenvalue weighted by molar-refractivity contribution is 7.83. The maximum absolute atomic E-state index is 13.0. The Labute approximate surface area is 113 Å². The van der Waals surface area contributed by atoms with Crippen molar-refractivity contribution in [3.8, 4) is 0 Å². The Kier molecular flexibility index (Phi) is 4.39. The molecule has 0 saturated carbocycles. The zero-order valence-corrected chi connectivity index (χ0v) is 11.1. The first kappa shape index (κ1) is 13.8. The van der Waals surface area contributed by atoms with E-state index >= 15 is 0 Å². The molecule has 0 amide bonds. The van der Waals surface area contributed by atoms with Crippen molar-refractivity contribution in [2.75, 3.05) is 0 Å². The zero-order valence-electron chi connectivity index (χ0n) is 10.3. The van der Waals surface area contributed by atoms with Crippen molar-refractivity contribution < 1.29 is 13.0 Å². The summed E-state index contributed by atoms with van der Waals surface area (Å²) in [6, 6.07) is 11.0. The second-order valence-electron chi connectivity index (χ2n) is 4.15. The molecule has 100 valence electrons. The van der Waals surface area contributed by atoms with Gasteiger partial charge in [-0.2, -0.15) is 0 Å². The van der Waals surface area contributed by atoms with E-state index in [2.05, 4.69) is 4.72 Å². The lowest BCUT2D eigenvalue weighted by atomic mass is 10.2. The predicted octanol–water partition coefficient (Wildman–Crippen LogP) is 3.09. The van der Waals surface area contributed by atoms with Gasteiger partial charge in [0.25, 0.3) is 0 Å². The van der Waals surface area contributed by atoms with Crippen LogP contribution in [0.5, 0.6) is 0 Å². The van der Waals surface area contributed by atoms with Gasteiger partial charge in [-0.3, -0.25) is 0 Å². The largest absolute Gasteiger partial charge is 0.237 e. The van der Waals surface area contributed by atoms with Crippen molar-refractivity contribution in [1.29, 1.82) is 0 Å². The van der Waals surface area contributed by atoms with Crippen LogP contribution in [-0.4, -0.2) is 4.21 Å². The number of benzene rings is 2. The Balaban J connectivity index is 2.01. The van der Waals surface area contributed by atoms with E-state index in [0.717, 1.165) is 23.3 Å². The first-order chi connectivity index (χ1) is 9.06. The minimum atomic E-state index is -1.56. The smallest absolute Gasteiger partial charge is 0.160 e. The van der Waals surface area contributed by atoms with Gasteiger partial charge in [-0.1, -0.05) is 29.8 Å². The molecule has 2 rings (SSSR count). The van der Waals surface area contributed by atoms with Gasteiger partial charge in [0, 0.05) is 6.54 Å². The van der Waals surface area contributed by atoms with Crippen molar-refractivity contribution in [2.24, 2.45) is 0 Å². The van der Waals surface area contributed by atoms with Crippen LogP contribution in [0, 0.1) is 18.6 Å². The lowest BCUT2D eigenvalue weighted by molar-refractivity contribution is 0.505. The molecule has 2 nitrogen and oxygen atoms in total. The van der Waals surface area contributed by atoms with Crippen molar-refractivity contribution in [1.82, 2.24) is 4.72 Å². The zero-order chi connectivity index (χ0) is 13.8. The van der Waals surface area contributed by atoms with Gasteiger partial charge in [-0.15, -0.1) is 0 Å². The topological polar surface area (TPSA) is 29.1 Å². The standard InChI is InChI=1S/C14H13F2NOS/c1-10-2-4-11(5-3-10)9-17-19(18)12-6-7-13(15)14(16)8-12/h2-8,17H,9H2,1H3. The number of rotatable bonds is 4. The van der Waals surface area contributed by atoms with Crippen LogP contribution < -0.4 is 4.72 Å². The van der Waals surface area contributed by atoms with Gasteiger partial charge < -0.3 is 0 Å². The molecule has 0 aliphatic heterocycles. The third-order valence-corrected chi connectivity index (χ3v) is 3.72. The molecule has 0 aliphatic carbocycles. The molecule has 19 heavy (non-hydrogen) atoms. The van der Waals surface area contributed by atoms with Crippen LogP contribution in [-0.2, 0) is 17.5 Å². The number of halogens is 2. The number of aryl methyl sites for hydroxylation is 1. The summed E-state index contributed by atoms with van der Waals surface area (Å²) < 4.78 is 40.4. The minimum Gasteiger partial charge on any atom is -0.237 e. The van der Waals surface area contributed by atoms with E-state index in [9.17, 15) is 13.0 Å². The summed E-state index contributed by atoms with van der Waals surface area (Å²) in [6.45, 7) is 2.38. The average molecular weight is 281 g/mol. The molecule has 0 heterocycles. The van der Waals surface area contributed by atoms with Gasteiger partial charge in [0.2, 0.25) is 0 Å². The highest BCUT2D eigenvalue weighted by Gasteiger charge is 2.08. The molecule has 0 spiro atoms. The van der Waals surface area contributed by atoms with Gasteiger partial charge in [0.15, 0.2) is 11.6 Å². The summed E-state index contributed by atoms with van der Waals surface area (Å²) in [7, 11) is -1.56. The lowest BCUT2D eigenvalue weighted by Crippen LogP contribution is -2.17. The molecule has 0 fully saturated rings. The molecular formula is C14H13F2NOS. The maximum Gasteiger partial charge on any atom is 0.160 e. The van der Waals surface area contributed by atoms with Crippen LogP contribution in [0.2, 0.25) is 0 Å². The third-order valence-electron chi connectivity index (χ3n) is 2.63. The normalized spacial score (nSPS) is 12.4. The molecule has 0 radical (unpaired) electrons. The number of hydrogen-bond acceptors (Lipinski definition) is 1. The summed E-state index contributed by atoms with van der Waals surface area (Å²) in [4.78, 5) is 0.214. The van der Waals surface area contributed by atoms with E-state index in [0.29, 0.717) is 6.54 Å². The van der Waals surface area contributed by atoms with E-state index in [4.69, 9.17) is 0 Å². The number of nitrogens with one attached hydrogen (secondary N) is 1. The molecule has 0 bridgehead atoms. The van der Waals surface area contributed by atoms with Crippen LogP contribution in [0.1, 0.15) is 11.1 Å². The summed E-state index contributed by atoms with van der Waals surface area (Å²) in [5.74, 6) is -1.94. The van der Waals surface area contributed by atoms with E-state index in [1.54, 1.807) is 0 Å². The molecule has 0 saturated heterocycles. The SMILES string of the molecule is Cc1ccc(CNS(=O)c2ccc(F)c(F)c2)cc1. The van der Waals surface area contributed by atoms with Crippen molar-refractivity contribution in [3.05, 3.63) is 65.2 Å². The first-order valence-electron chi connectivity index (χ1n) is 5.72. The fourth-order valence-corrected chi connectivity index (χ4v) is 2.40. The molecule has 0 aliphatic rings. The van der Waals surface area contributed by atoms with Gasteiger partial charge in [-0.25, -0.2) is 17.7 Å². The molecular weight excluding hydrogens is 268 g/mol. The Morgan fingerprint density at radius 3 is 2.37 bits per heavy atom. The van der Waals surface area contributed by atoms with Crippen molar-refractivity contribution >= 4 is 11.0 Å². The average Bonchev–Trinajstić information content (AvgIpc) is 2.41. The lowest BCUT2D eigenvalue weighted by Gasteiger charge is -2.05. The second-order valence-corrected chi connectivity index (χ2v) is 5.45. The summed E-state index contributed by atoms with van der Waals surface area (Å²) in [6.07, 6.45) is 0. The molecule has 2 aromatic carbocycles. The van der Waals surface area contributed by atoms with Crippen LogP contribution in [0.15, 0.2) is 47.4 Å². The van der Waals surface area contributed by atoms with Crippen LogP contribution >= 0.6 is 0 Å². The molecule has 2 aromatic rings. The maximum atomic E-state index is 13.0. The van der Waals surface area contributed by atoms with Crippen LogP contribution in [0.4, 0.5) is 8.78 Å². The molecule has 1 atom stereocenters. The molecule has 1 N–H and O–H groups in total. The Morgan fingerprint density at radius 2 is 1.74 bits per heavy atom. The minimum absolute atomic E-state index is 0.214. The van der Waals surface area contributed by atoms with Crippen molar-refractivity contribution in [3.63, 3.8) is 0 Å². The highest BCUT2D eigenvalue weighted by Crippen LogP contribution is 2.12. The number of hydrogen-bond donors (Lipinski definition) is 1. The fraction of sp³-hybridized carbons (Fsp3) is 0.143. The van der Waals surface area contributed by atoms with Gasteiger partial charge >= 0.3 is 0 Å². The summed E-state index contributed by atoms with van der Waals surface area (Å²) >= 11 is 0. The van der Waals surface area contributed by atoms with Gasteiger partial charge in [0.1, 0.15) is 11.0 Å². The predicted molar refractivity (Wildman–Crippen MR) is 70.8 cm³/mol. The highest BCUT2D eigenvalue weighted by atomic mass is 32.2. The second kappa shape index (κ2) is 6.04. The van der Waals surface area contributed by atoms with Crippen molar-refractivity contribution in [2.45, 2.75) is 18.4 Å². The van der Waals surface area contributed by atoms with E-state index < -0.39 is 22.6 Å². The van der Waals surface area contributed by atoms with E-state index in [1.165, 1.54) is 6.07 Å². The summed E-state index contributed by atoms with van der Waals surface area (Å²) in [5.41, 5.74) is 2.12. The monoisotopic (exact) mass is 281 g/mol. The molecule has 0 aromatic heterocycles. The van der Waals surface area contributed by atoms with Crippen LogP contribution in [0.3, 0.4) is 0 Å². The Morgan fingerprint density at radius 1 is 1.05 bits per heavy atom. The quantitative estimate of drug-likeness (QED) is 0.916. The van der Waals surface area contributed by atoms with E-state index in [1.807, 2.05) is 31.2 Å². The Hall–Kier alpha value is -1.59. The van der Waals surface area contributed by atoms with E-state index in [-0.39, 0.29) is 4.90 Å². The molecule has 5 heteroatoms. The van der Waals surface area contributed by atoms with Gasteiger partial charge in [0.05, 0.1) is 4.90 Å². The van der Waals surface area contributed by atoms with Gasteiger partial charge in [-0.05, 0) is 30.7 Å². The Bertz CT molecular complexity index is 599. The van der Waals surface area contributed by atoms with Crippen LogP contribution in [0.25, 0.3) is 0 Å².